The number of aryl methyl sites for hydroxylation is 2. The van der Waals surface area contributed by atoms with E-state index < -0.39 is 11.6 Å². The first-order valence-corrected chi connectivity index (χ1v) is 6.78. The summed E-state index contributed by atoms with van der Waals surface area (Å²) in [4.78, 5) is 4.39. The van der Waals surface area contributed by atoms with E-state index in [1.54, 1.807) is 19.9 Å². The van der Waals surface area contributed by atoms with E-state index >= 15 is 0 Å². The summed E-state index contributed by atoms with van der Waals surface area (Å²) in [5.74, 6) is -1.55. The highest BCUT2D eigenvalue weighted by Gasteiger charge is 2.15. The van der Waals surface area contributed by atoms with E-state index in [2.05, 4.69) is 10.3 Å². The Hall–Kier alpha value is -1.79. The maximum absolute atomic E-state index is 13.9. The smallest absolute Gasteiger partial charge is 0.151 e. The first-order chi connectivity index (χ1) is 9.79. The summed E-state index contributed by atoms with van der Waals surface area (Å²) in [6.07, 6.45) is 0. The molecule has 0 saturated carbocycles. The van der Waals surface area contributed by atoms with Crippen molar-refractivity contribution in [1.29, 1.82) is 0 Å². The standard InChI is InChI=1S/C14H12ClF2N3S/c1-6-3-11(12(14(18)21)7(2)19-6)20-13-9(15)4-8(16)5-10(13)17/h3-5H,1-2H3,(H2,18,21)(H,19,20). The first kappa shape index (κ1) is 15.6. The predicted octanol–water partition coefficient (Wildman–Crippen LogP) is 4.01. The molecule has 1 aromatic heterocycles. The molecule has 0 saturated heterocycles. The van der Waals surface area contributed by atoms with Gasteiger partial charge < -0.3 is 11.1 Å². The van der Waals surface area contributed by atoms with E-state index in [1.807, 2.05) is 0 Å². The number of pyridine rings is 1. The molecule has 0 unspecified atom stereocenters. The lowest BCUT2D eigenvalue weighted by molar-refractivity contribution is 0.586. The quantitative estimate of drug-likeness (QED) is 0.836. The van der Waals surface area contributed by atoms with Gasteiger partial charge >= 0.3 is 0 Å². The second kappa shape index (κ2) is 5.91. The minimum atomic E-state index is -0.805. The van der Waals surface area contributed by atoms with Gasteiger partial charge in [0.2, 0.25) is 0 Å². The third-order valence-electron chi connectivity index (χ3n) is 2.84. The number of hydrogen-bond acceptors (Lipinski definition) is 3. The van der Waals surface area contributed by atoms with Crippen LogP contribution in [0.3, 0.4) is 0 Å². The average Bonchev–Trinajstić information content (AvgIpc) is 2.32. The first-order valence-electron chi connectivity index (χ1n) is 5.99. The lowest BCUT2D eigenvalue weighted by Crippen LogP contribution is -2.15. The summed E-state index contributed by atoms with van der Waals surface area (Å²) in [5.41, 5.74) is 7.93. The third-order valence-corrected chi connectivity index (χ3v) is 3.34. The molecule has 0 fully saturated rings. The van der Waals surface area contributed by atoms with E-state index in [4.69, 9.17) is 29.6 Å². The zero-order chi connectivity index (χ0) is 15.7. The summed E-state index contributed by atoms with van der Waals surface area (Å²) >= 11 is 10.9. The molecule has 3 nitrogen and oxygen atoms in total. The van der Waals surface area contributed by atoms with Crippen molar-refractivity contribution in [2.24, 2.45) is 5.73 Å². The van der Waals surface area contributed by atoms with Crippen LogP contribution in [0.4, 0.5) is 20.2 Å². The van der Waals surface area contributed by atoms with Gasteiger partial charge in [-0.25, -0.2) is 8.78 Å². The molecule has 2 rings (SSSR count). The molecule has 0 spiro atoms. The van der Waals surface area contributed by atoms with E-state index in [-0.39, 0.29) is 15.7 Å². The Morgan fingerprint density at radius 1 is 1.29 bits per heavy atom. The summed E-state index contributed by atoms with van der Waals surface area (Å²) < 4.78 is 26.9. The van der Waals surface area contributed by atoms with Gasteiger partial charge in [-0.2, -0.15) is 0 Å². The monoisotopic (exact) mass is 327 g/mol. The number of nitrogens with one attached hydrogen (secondary N) is 1. The molecule has 0 amide bonds. The number of hydrogen-bond donors (Lipinski definition) is 2. The van der Waals surface area contributed by atoms with Gasteiger partial charge in [-0.3, -0.25) is 4.98 Å². The van der Waals surface area contributed by atoms with Crippen molar-refractivity contribution in [3.63, 3.8) is 0 Å². The molecular formula is C14H12ClF2N3S. The Kier molecular flexibility index (Phi) is 4.39. The van der Waals surface area contributed by atoms with Gasteiger partial charge in [-0.05, 0) is 26.0 Å². The number of rotatable bonds is 3. The molecule has 0 atom stereocenters. The van der Waals surface area contributed by atoms with Crippen LogP contribution in [0.2, 0.25) is 5.02 Å². The lowest BCUT2D eigenvalue weighted by Gasteiger charge is -2.15. The van der Waals surface area contributed by atoms with E-state index in [0.29, 0.717) is 22.6 Å². The van der Waals surface area contributed by atoms with Crippen LogP contribution in [0.5, 0.6) is 0 Å². The second-order valence-electron chi connectivity index (χ2n) is 4.51. The third kappa shape index (κ3) is 3.28. The molecule has 0 bridgehead atoms. The highest BCUT2D eigenvalue weighted by molar-refractivity contribution is 7.80. The fourth-order valence-electron chi connectivity index (χ4n) is 2.03. The SMILES string of the molecule is Cc1cc(Nc2c(F)cc(F)cc2Cl)c(C(N)=S)c(C)n1. The summed E-state index contributed by atoms with van der Waals surface area (Å²) in [7, 11) is 0. The molecule has 7 heteroatoms. The maximum atomic E-state index is 13.9. The van der Waals surface area contributed by atoms with Gasteiger partial charge in [0.25, 0.3) is 0 Å². The van der Waals surface area contributed by atoms with Gasteiger partial charge in [0.05, 0.1) is 22.0 Å². The summed E-state index contributed by atoms with van der Waals surface area (Å²) in [6, 6.07) is 3.44. The van der Waals surface area contributed by atoms with Crippen LogP contribution in [0.25, 0.3) is 0 Å². The van der Waals surface area contributed by atoms with Gasteiger partial charge in [0, 0.05) is 17.5 Å². The summed E-state index contributed by atoms with van der Waals surface area (Å²) in [5, 5.41) is 2.74. The Morgan fingerprint density at radius 2 is 1.95 bits per heavy atom. The van der Waals surface area contributed by atoms with Crippen molar-refractivity contribution in [3.05, 3.63) is 51.8 Å². The topological polar surface area (TPSA) is 50.9 Å². The Morgan fingerprint density at radius 3 is 2.52 bits per heavy atom. The fraction of sp³-hybridized carbons (Fsp3) is 0.143. The largest absolute Gasteiger partial charge is 0.389 e. The van der Waals surface area contributed by atoms with Crippen molar-refractivity contribution in [3.8, 4) is 0 Å². The van der Waals surface area contributed by atoms with Crippen LogP contribution in [0, 0.1) is 25.5 Å². The number of aromatic nitrogens is 1. The highest BCUT2D eigenvalue weighted by Crippen LogP contribution is 2.31. The van der Waals surface area contributed by atoms with Crippen LogP contribution in [-0.2, 0) is 0 Å². The van der Waals surface area contributed by atoms with Gasteiger partial charge in [-0.1, -0.05) is 23.8 Å². The average molecular weight is 328 g/mol. The van der Waals surface area contributed by atoms with Gasteiger partial charge in [0.1, 0.15) is 10.8 Å². The van der Waals surface area contributed by atoms with Crippen LogP contribution in [0.1, 0.15) is 17.0 Å². The van der Waals surface area contributed by atoms with Gasteiger partial charge in [-0.15, -0.1) is 0 Å². The number of thiocarbonyl (C=S) groups is 1. The van der Waals surface area contributed by atoms with Crippen LogP contribution < -0.4 is 11.1 Å². The van der Waals surface area contributed by atoms with Crippen molar-refractivity contribution >= 4 is 40.2 Å². The number of anilines is 2. The highest BCUT2D eigenvalue weighted by atomic mass is 35.5. The molecule has 110 valence electrons. The minimum Gasteiger partial charge on any atom is -0.389 e. The molecule has 2 aromatic rings. The molecule has 1 aromatic carbocycles. The minimum absolute atomic E-state index is 0.0411. The normalized spacial score (nSPS) is 10.5. The Balaban J connectivity index is 2.57. The molecule has 0 aliphatic heterocycles. The van der Waals surface area contributed by atoms with E-state index in [0.717, 1.165) is 12.1 Å². The van der Waals surface area contributed by atoms with Crippen molar-refractivity contribution in [1.82, 2.24) is 4.98 Å². The predicted molar refractivity (Wildman–Crippen MR) is 84.2 cm³/mol. The number of halogens is 3. The van der Waals surface area contributed by atoms with E-state index in [9.17, 15) is 8.78 Å². The second-order valence-corrected chi connectivity index (χ2v) is 5.35. The van der Waals surface area contributed by atoms with Crippen molar-refractivity contribution in [2.75, 3.05) is 5.32 Å². The van der Waals surface area contributed by atoms with E-state index in [1.165, 1.54) is 0 Å². The maximum Gasteiger partial charge on any atom is 0.151 e. The van der Waals surface area contributed by atoms with Crippen molar-refractivity contribution < 1.29 is 8.78 Å². The molecular weight excluding hydrogens is 316 g/mol. The molecule has 0 aliphatic carbocycles. The zero-order valence-corrected chi connectivity index (χ0v) is 12.9. The molecule has 0 aliphatic rings. The molecule has 0 radical (unpaired) electrons. The van der Waals surface area contributed by atoms with Gasteiger partial charge in [0.15, 0.2) is 5.82 Å². The Labute approximate surface area is 131 Å². The summed E-state index contributed by atoms with van der Waals surface area (Å²) in [6.45, 7) is 3.53. The van der Waals surface area contributed by atoms with Crippen LogP contribution >= 0.6 is 23.8 Å². The van der Waals surface area contributed by atoms with Crippen LogP contribution in [0.15, 0.2) is 18.2 Å². The molecule has 1 heterocycles. The fourth-order valence-corrected chi connectivity index (χ4v) is 2.53. The number of nitrogens with two attached hydrogens (primary N) is 1. The van der Waals surface area contributed by atoms with Crippen LogP contribution in [-0.4, -0.2) is 9.97 Å². The molecule has 3 N–H and O–H groups in total. The Bertz CT molecular complexity index is 711. The van der Waals surface area contributed by atoms with Crippen molar-refractivity contribution in [2.45, 2.75) is 13.8 Å². The molecule has 21 heavy (non-hydrogen) atoms. The number of benzene rings is 1. The zero-order valence-electron chi connectivity index (χ0n) is 11.3. The lowest BCUT2D eigenvalue weighted by atomic mass is 10.1. The number of nitrogens with zero attached hydrogens (tertiary/aromatic N) is 1.